The van der Waals surface area contributed by atoms with Crippen molar-refractivity contribution >= 4 is 22.7 Å². The van der Waals surface area contributed by atoms with Gasteiger partial charge in [0.15, 0.2) is 5.41 Å². The zero-order valence-corrected chi connectivity index (χ0v) is 14.9. The third-order valence-corrected chi connectivity index (χ3v) is 5.00. The molecule has 0 saturated carbocycles. The van der Waals surface area contributed by atoms with E-state index in [9.17, 15) is 14.7 Å². The lowest BCUT2D eigenvalue weighted by Crippen LogP contribution is -2.45. The molecule has 0 spiro atoms. The van der Waals surface area contributed by atoms with Gasteiger partial charge in [0.1, 0.15) is 0 Å². The number of benzene rings is 2. The molecule has 0 aliphatic carbocycles. The molecule has 0 amide bonds. The van der Waals surface area contributed by atoms with Crippen LogP contribution in [0.3, 0.4) is 0 Å². The van der Waals surface area contributed by atoms with Gasteiger partial charge in [-0.05, 0) is 42.5 Å². The molecule has 138 valence electrons. The molecule has 0 aromatic heterocycles. The molecule has 1 aliphatic rings. The third-order valence-electron chi connectivity index (χ3n) is 5.00. The van der Waals surface area contributed by atoms with Crippen LogP contribution in [0, 0.1) is 5.41 Å². The van der Waals surface area contributed by atoms with Crippen molar-refractivity contribution in [3.8, 4) is 0 Å². The normalized spacial score (nSPS) is 19.2. The van der Waals surface area contributed by atoms with E-state index in [4.69, 9.17) is 9.47 Å². The van der Waals surface area contributed by atoms with Gasteiger partial charge in [-0.1, -0.05) is 42.5 Å². The number of aliphatic carboxylic acids is 1. The molecule has 0 bridgehead atoms. The zero-order valence-electron chi connectivity index (χ0n) is 14.9. The van der Waals surface area contributed by atoms with Crippen LogP contribution in [-0.4, -0.2) is 36.4 Å². The summed E-state index contributed by atoms with van der Waals surface area (Å²) in [7, 11) is 0. The van der Waals surface area contributed by atoms with Crippen molar-refractivity contribution in [3.05, 3.63) is 48.0 Å². The second kappa shape index (κ2) is 7.87. The molecule has 1 aliphatic heterocycles. The van der Waals surface area contributed by atoms with Crippen LogP contribution in [0.1, 0.15) is 31.7 Å². The second-order valence-corrected chi connectivity index (χ2v) is 6.81. The van der Waals surface area contributed by atoms with Gasteiger partial charge in [-0.15, -0.1) is 0 Å². The number of hydrogen-bond donors (Lipinski definition) is 1. The van der Waals surface area contributed by atoms with Gasteiger partial charge >= 0.3 is 11.9 Å². The fraction of sp³-hybridized carbons (Fsp3) is 0.429. The highest BCUT2D eigenvalue weighted by Crippen LogP contribution is 2.35. The van der Waals surface area contributed by atoms with Crippen molar-refractivity contribution < 1.29 is 24.2 Å². The van der Waals surface area contributed by atoms with Crippen LogP contribution >= 0.6 is 0 Å². The van der Waals surface area contributed by atoms with E-state index >= 15 is 0 Å². The largest absolute Gasteiger partial charge is 0.480 e. The number of ether oxygens (including phenoxy) is 2. The Kier molecular flexibility index (Phi) is 5.57. The number of carbonyl (C=O) groups is 2. The lowest BCUT2D eigenvalue weighted by atomic mass is 9.76. The Hall–Kier alpha value is -2.40. The molecule has 0 radical (unpaired) electrons. The molecule has 1 fully saturated rings. The highest BCUT2D eigenvalue weighted by Gasteiger charge is 2.49. The van der Waals surface area contributed by atoms with E-state index in [1.165, 1.54) is 0 Å². The van der Waals surface area contributed by atoms with E-state index in [0.29, 0.717) is 6.61 Å². The minimum atomic E-state index is -1.63. The number of carboxylic acid groups (broad SMARTS) is 1. The Bertz CT molecular complexity index is 794. The van der Waals surface area contributed by atoms with Crippen molar-refractivity contribution in [1.29, 1.82) is 0 Å². The van der Waals surface area contributed by atoms with Gasteiger partial charge in [-0.3, -0.25) is 9.59 Å². The highest BCUT2D eigenvalue weighted by molar-refractivity contribution is 5.99. The lowest BCUT2D eigenvalue weighted by Gasteiger charge is -2.29. The molecule has 5 nitrogen and oxygen atoms in total. The monoisotopic (exact) mass is 356 g/mol. The molecule has 5 heteroatoms. The molecule has 2 atom stereocenters. The van der Waals surface area contributed by atoms with Gasteiger partial charge < -0.3 is 14.6 Å². The standard InChI is InChI=1S/C21H24O5/c1-2-25-20(24)21(19(22)23,14-18-8-5-11-26-18)13-15-9-10-16-6-3-4-7-17(16)12-15/h3-4,6-7,9-10,12,18H,2,5,8,11,13-14H2,1H3,(H,22,23). The van der Waals surface area contributed by atoms with Gasteiger partial charge in [0, 0.05) is 13.0 Å². The predicted molar refractivity (Wildman–Crippen MR) is 97.9 cm³/mol. The maximum absolute atomic E-state index is 12.7. The Morgan fingerprint density at radius 2 is 2.00 bits per heavy atom. The average Bonchev–Trinajstić information content (AvgIpc) is 3.14. The van der Waals surface area contributed by atoms with Crippen LogP contribution in [0.25, 0.3) is 10.8 Å². The first-order valence-electron chi connectivity index (χ1n) is 9.05. The number of carboxylic acids is 1. The molecule has 2 aromatic rings. The van der Waals surface area contributed by atoms with Crippen LogP contribution in [0.2, 0.25) is 0 Å². The van der Waals surface area contributed by atoms with Crippen LogP contribution < -0.4 is 0 Å². The Balaban J connectivity index is 1.96. The van der Waals surface area contributed by atoms with Gasteiger partial charge in [-0.2, -0.15) is 0 Å². The van der Waals surface area contributed by atoms with Crippen molar-refractivity contribution in [2.75, 3.05) is 13.2 Å². The van der Waals surface area contributed by atoms with E-state index in [-0.39, 0.29) is 25.6 Å². The van der Waals surface area contributed by atoms with Crippen molar-refractivity contribution in [1.82, 2.24) is 0 Å². The molecule has 1 N–H and O–H groups in total. The fourth-order valence-electron chi connectivity index (χ4n) is 3.64. The molecule has 2 aromatic carbocycles. The molecular formula is C21H24O5. The molecule has 1 heterocycles. The number of hydrogen-bond acceptors (Lipinski definition) is 4. The molecule has 3 rings (SSSR count). The molecule has 26 heavy (non-hydrogen) atoms. The van der Waals surface area contributed by atoms with Gasteiger partial charge in [0.2, 0.25) is 0 Å². The fourth-order valence-corrected chi connectivity index (χ4v) is 3.64. The van der Waals surface area contributed by atoms with E-state index in [0.717, 1.165) is 29.2 Å². The first-order valence-corrected chi connectivity index (χ1v) is 9.05. The topological polar surface area (TPSA) is 72.8 Å². The number of carbonyl (C=O) groups excluding carboxylic acids is 1. The summed E-state index contributed by atoms with van der Waals surface area (Å²) in [6, 6.07) is 13.7. The number of rotatable bonds is 7. The summed E-state index contributed by atoms with van der Waals surface area (Å²) in [5, 5.41) is 12.1. The lowest BCUT2D eigenvalue weighted by molar-refractivity contribution is -0.171. The molecule has 1 saturated heterocycles. The first-order chi connectivity index (χ1) is 12.5. The summed E-state index contributed by atoms with van der Waals surface area (Å²) in [6.45, 7) is 2.45. The van der Waals surface area contributed by atoms with Gasteiger partial charge in [0.05, 0.1) is 12.7 Å². The minimum absolute atomic E-state index is 0.0891. The van der Waals surface area contributed by atoms with Crippen LogP contribution in [0.4, 0.5) is 0 Å². The summed E-state index contributed by atoms with van der Waals surface area (Å²) >= 11 is 0. The molecular weight excluding hydrogens is 332 g/mol. The molecule has 2 unspecified atom stereocenters. The maximum atomic E-state index is 12.7. The van der Waals surface area contributed by atoms with Gasteiger partial charge in [0.25, 0.3) is 0 Å². The summed E-state index contributed by atoms with van der Waals surface area (Å²) < 4.78 is 10.8. The van der Waals surface area contributed by atoms with E-state index < -0.39 is 17.4 Å². The summed E-state index contributed by atoms with van der Waals surface area (Å²) in [5.41, 5.74) is -0.829. The van der Waals surface area contributed by atoms with E-state index in [1.54, 1.807) is 6.92 Å². The van der Waals surface area contributed by atoms with Crippen LogP contribution in [0.5, 0.6) is 0 Å². The minimum Gasteiger partial charge on any atom is -0.480 e. The van der Waals surface area contributed by atoms with E-state index in [2.05, 4.69) is 0 Å². The maximum Gasteiger partial charge on any atom is 0.323 e. The van der Waals surface area contributed by atoms with Crippen molar-refractivity contribution in [2.45, 2.75) is 38.7 Å². The average molecular weight is 356 g/mol. The van der Waals surface area contributed by atoms with E-state index in [1.807, 2.05) is 42.5 Å². The SMILES string of the molecule is CCOC(=O)C(Cc1ccc2ccccc2c1)(CC1CCCO1)C(=O)O. The number of fused-ring (bicyclic) bond motifs is 1. The van der Waals surface area contributed by atoms with Crippen LogP contribution in [-0.2, 0) is 25.5 Å². The second-order valence-electron chi connectivity index (χ2n) is 6.81. The quantitative estimate of drug-likeness (QED) is 0.606. The predicted octanol–water partition coefficient (Wildman–Crippen LogP) is 3.59. The zero-order chi connectivity index (χ0) is 18.6. The summed E-state index contributed by atoms with van der Waals surface area (Å²) in [6.07, 6.45) is 1.65. The smallest absolute Gasteiger partial charge is 0.323 e. The van der Waals surface area contributed by atoms with Crippen molar-refractivity contribution in [3.63, 3.8) is 0 Å². The summed E-state index contributed by atoms with van der Waals surface area (Å²) in [4.78, 5) is 24.9. The number of esters is 1. The van der Waals surface area contributed by atoms with Crippen LogP contribution in [0.15, 0.2) is 42.5 Å². The Morgan fingerprint density at radius 3 is 2.65 bits per heavy atom. The van der Waals surface area contributed by atoms with Gasteiger partial charge in [-0.25, -0.2) is 0 Å². The Labute approximate surface area is 152 Å². The third kappa shape index (κ3) is 3.73. The summed E-state index contributed by atoms with van der Waals surface area (Å²) in [5.74, 6) is -1.84. The van der Waals surface area contributed by atoms with Crippen molar-refractivity contribution in [2.24, 2.45) is 5.41 Å². The highest BCUT2D eigenvalue weighted by atomic mass is 16.5. The Morgan fingerprint density at radius 1 is 1.23 bits per heavy atom. The first kappa shape index (κ1) is 18.4.